The maximum absolute atomic E-state index is 12.6. The van der Waals surface area contributed by atoms with E-state index >= 15 is 0 Å². The second-order valence-corrected chi connectivity index (χ2v) is 8.94. The SMILES string of the molecule is CN(C)C1CC2(CCN(C(=O)c3ccsc3)CC2)c2ccccc21.O=C(O)C(F)(F)F. The molecule has 31 heavy (non-hydrogen) atoms. The van der Waals surface area contributed by atoms with Gasteiger partial charge in [-0.25, -0.2) is 4.79 Å². The number of nitrogens with zero attached hydrogens (tertiary/aromatic N) is 2. The zero-order valence-corrected chi connectivity index (χ0v) is 18.2. The van der Waals surface area contributed by atoms with Crippen LogP contribution in [0.1, 0.15) is 46.8 Å². The fourth-order valence-electron chi connectivity index (χ4n) is 4.50. The van der Waals surface area contributed by atoms with Crippen LogP contribution in [0.4, 0.5) is 13.2 Å². The first-order chi connectivity index (χ1) is 14.5. The highest BCUT2D eigenvalue weighted by molar-refractivity contribution is 7.08. The molecule has 1 saturated heterocycles. The van der Waals surface area contributed by atoms with Crippen LogP contribution in [0, 0.1) is 0 Å². The van der Waals surface area contributed by atoms with E-state index in [2.05, 4.69) is 43.3 Å². The van der Waals surface area contributed by atoms with E-state index in [1.165, 1.54) is 17.5 Å². The molecule has 0 saturated carbocycles. The summed E-state index contributed by atoms with van der Waals surface area (Å²) >= 11 is 1.59. The van der Waals surface area contributed by atoms with Crippen molar-refractivity contribution in [3.05, 3.63) is 57.8 Å². The number of thiophene rings is 1. The predicted molar refractivity (Wildman–Crippen MR) is 112 cm³/mol. The molecular formula is C22H25F3N2O3S. The second kappa shape index (κ2) is 9.00. The predicted octanol–water partition coefficient (Wildman–Crippen LogP) is 4.56. The summed E-state index contributed by atoms with van der Waals surface area (Å²) in [5, 5.41) is 11.1. The fourth-order valence-corrected chi connectivity index (χ4v) is 5.13. The maximum Gasteiger partial charge on any atom is 0.490 e. The highest BCUT2D eigenvalue weighted by Crippen LogP contribution is 2.52. The monoisotopic (exact) mass is 454 g/mol. The van der Waals surface area contributed by atoms with Gasteiger partial charge in [0, 0.05) is 29.9 Å². The van der Waals surface area contributed by atoms with Gasteiger partial charge in [0.25, 0.3) is 5.91 Å². The number of alkyl halides is 3. The summed E-state index contributed by atoms with van der Waals surface area (Å²) < 4.78 is 31.7. The molecule has 2 heterocycles. The van der Waals surface area contributed by atoms with Gasteiger partial charge in [-0.1, -0.05) is 24.3 Å². The molecule has 1 aliphatic heterocycles. The molecule has 5 nitrogen and oxygen atoms in total. The van der Waals surface area contributed by atoms with Crippen molar-refractivity contribution in [2.24, 2.45) is 0 Å². The minimum absolute atomic E-state index is 0.196. The molecule has 1 fully saturated rings. The van der Waals surface area contributed by atoms with E-state index < -0.39 is 12.1 Å². The number of piperidine rings is 1. The normalized spacial score (nSPS) is 19.7. The van der Waals surface area contributed by atoms with Crippen LogP contribution in [-0.2, 0) is 10.2 Å². The molecule has 0 radical (unpaired) electrons. The lowest BCUT2D eigenvalue weighted by Crippen LogP contribution is -2.44. The number of benzene rings is 1. The van der Waals surface area contributed by atoms with Crippen LogP contribution in [0.5, 0.6) is 0 Å². The van der Waals surface area contributed by atoms with Crippen molar-refractivity contribution in [1.29, 1.82) is 0 Å². The summed E-state index contributed by atoms with van der Waals surface area (Å²) in [5.74, 6) is -2.56. The second-order valence-electron chi connectivity index (χ2n) is 8.16. The number of likely N-dealkylation sites (tertiary alicyclic amines) is 1. The van der Waals surface area contributed by atoms with Gasteiger partial charge in [-0.3, -0.25) is 4.79 Å². The first-order valence-corrected chi connectivity index (χ1v) is 10.9. The van der Waals surface area contributed by atoms with E-state index in [4.69, 9.17) is 9.90 Å². The lowest BCUT2D eigenvalue weighted by atomic mass is 9.73. The number of fused-ring (bicyclic) bond motifs is 2. The Morgan fingerprint density at radius 2 is 1.77 bits per heavy atom. The van der Waals surface area contributed by atoms with Crippen molar-refractivity contribution < 1.29 is 27.9 Å². The van der Waals surface area contributed by atoms with E-state index in [-0.39, 0.29) is 11.3 Å². The van der Waals surface area contributed by atoms with E-state index in [1.54, 1.807) is 11.3 Å². The Morgan fingerprint density at radius 1 is 1.16 bits per heavy atom. The average molecular weight is 455 g/mol. The third-order valence-electron chi connectivity index (χ3n) is 6.12. The topological polar surface area (TPSA) is 60.9 Å². The standard InChI is InChI=1S/C20H24N2OS.C2HF3O2/c1-21(2)18-13-20(17-6-4-3-5-16(17)18)8-10-22(11-9-20)19(23)15-7-12-24-14-15;3-2(4,5)1(6)7/h3-7,12,14,18H,8-11,13H2,1-2H3;(H,6,7). The summed E-state index contributed by atoms with van der Waals surface area (Å²) in [6.07, 6.45) is -1.76. The number of carbonyl (C=O) groups is 2. The van der Waals surface area contributed by atoms with Crippen molar-refractivity contribution in [3.63, 3.8) is 0 Å². The Labute approximate surface area is 183 Å². The molecule has 1 N–H and O–H groups in total. The fraction of sp³-hybridized carbons (Fsp3) is 0.455. The quantitative estimate of drug-likeness (QED) is 0.723. The number of aliphatic carboxylic acids is 1. The van der Waals surface area contributed by atoms with Crippen LogP contribution in [0.15, 0.2) is 41.1 Å². The summed E-state index contributed by atoms with van der Waals surface area (Å²) in [7, 11) is 4.35. The number of carboxylic acid groups (broad SMARTS) is 1. The smallest absolute Gasteiger partial charge is 0.475 e. The van der Waals surface area contributed by atoms with Gasteiger partial charge in [0.15, 0.2) is 0 Å². The zero-order valence-electron chi connectivity index (χ0n) is 17.4. The Hall–Kier alpha value is -2.39. The third kappa shape index (κ3) is 4.93. The first-order valence-electron chi connectivity index (χ1n) is 9.92. The van der Waals surface area contributed by atoms with E-state index in [0.29, 0.717) is 6.04 Å². The number of rotatable bonds is 2. The minimum Gasteiger partial charge on any atom is -0.475 e. The summed E-state index contributed by atoms with van der Waals surface area (Å²) in [6, 6.07) is 11.4. The molecule has 2 aromatic rings. The van der Waals surface area contributed by atoms with Gasteiger partial charge in [-0.05, 0) is 55.9 Å². The van der Waals surface area contributed by atoms with Gasteiger partial charge < -0.3 is 14.9 Å². The van der Waals surface area contributed by atoms with Crippen LogP contribution in [0.25, 0.3) is 0 Å². The van der Waals surface area contributed by atoms with E-state index in [0.717, 1.165) is 31.5 Å². The van der Waals surface area contributed by atoms with Crippen LogP contribution in [-0.4, -0.2) is 60.1 Å². The highest BCUT2D eigenvalue weighted by Gasteiger charge is 2.46. The molecule has 1 spiro atoms. The Morgan fingerprint density at radius 3 is 2.29 bits per heavy atom. The van der Waals surface area contributed by atoms with Crippen molar-refractivity contribution >= 4 is 23.2 Å². The number of carbonyl (C=O) groups excluding carboxylic acids is 1. The molecule has 1 atom stereocenters. The summed E-state index contributed by atoms with van der Waals surface area (Å²) in [4.78, 5) is 25.9. The van der Waals surface area contributed by atoms with Gasteiger partial charge in [0.05, 0.1) is 5.56 Å². The molecule has 1 unspecified atom stereocenters. The minimum atomic E-state index is -5.08. The lowest BCUT2D eigenvalue weighted by Gasteiger charge is -2.40. The number of halogens is 3. The summed E-state index contributed by atoms with van der Waals surface area (Å²) in [6.45, 7) is 1.73. The molecule has 4 rings (SSSR count). The van der Waals surface area contributed by atoms with Crippen molar-refractivity contribution in [2.75, 3.05) is 27.2 Å². The maximum atomic E-state index is 12.6. The summed E-state index contributed by atoms with van der Waals surface area (Å²) in [5.41, 5.74) is 4.09. The van der Waals surface area contributed by atoms with Gasteiger partial charge in [-0.15, -0.1) is 0 Å². The third-order valence-corrected chi connectivity index (χ3v) is 6.80. The molecule has 1 aromatic heterocycles. The van der Waals surface area contributed by atoms with Gasteiger partial charge in [0.1, 0.15) is 0 Å². The first kappa shape index (κ1) is 23.3. The number of hydrogen-bond donors (Lipinski definition) is 1. The lowest BCUT2D eigenvalue weighted by molar-refractivity contribution is -0.192. The van der Waals surface area contributed by atoms with Crippen LogP contribution < -0.4 is 0 Å². The number of amides is 1. The number of hydrogen-bond acceptors (Lipinski definition) is 4. The Kier molecular flexibility index (Phi) is 6.76. The number of carboxylic acids is 1. The van der Waals surface area contributed by atoms with Crippen LogP contribution >= 0.6 is 11.3 Å². The molecule has 0 bridgehead atoms. The average Bonchev–Trinajstić information content (AvgIpc) is 3.36. The molecule has 9 heteroatoms. The molecule has 1 amide bonds. The van der Waals surface area contributed by atoms with Crippen LogP contribution in [0.3, 0.4) is 0 Å². The van der Waals surface area contributed by atoms with E-state index in [9.17, 15) is 18.0 Å². The Balaban J connectivity index is 0.000000339. The zero-order chi connectivity index (χ0) is 22.8. The van der Waals surface area contributed by atoms with Crippen molar-refractivity contribution in [1.82, 2.24) is 9.80 Å². The van der Waals surface area contributed by atoms with Gasteiger partial charge in [0.2, 0.25) is 0 Å². The molecule has 168 valence electrons. The van der Waals surface area contributed by atoms with Crippen molar-refractivity contribution in [3.8, 4) is 0 Å². The van der Waals surface area contributed by atoms with Crippen molar-refractivity contribution in [2.45, 2.75) is 36.9 Å². The van der Waals surface area contributed by atoms with Gasteiger partial charge in [-0.2, -0.15) is 24.5 Å². The largest absolute Gasteiger partial charge is 0.490 e. The molecule has 1 aromatic carbocycles. The Bertz CT molecular complexity index is 920. The molecule has 1 aliphatic carbocycles. The molecular weight excluding hydrogens is 429 g/mol. The highest BCUT2D eigenvalue weighted by atomic mass is 32.1. The molecule has 2 aliphatic rings. The van der Waals surface area contributed by atoms with E-state index in [1.807, 2.05) is 21.7 Å². The van der Waals surface area contributed by atoms with Crippen LogP contribution in [0.2, 0.25) is 0 Å². The van der Waals surface area contributed by atoms with Gasteiger partial charge >= 0.3 is 12.1 Å².